The number of carbonyl (C=O) groups is 3. The highest BCUT2D eigenvalue weighted by Gasteiger charge is 2.37. The molecule has 2 aliphatic rings. The van der Waals surface area contributed by atoms with Crippen LogP contribution >= 0.6 is 0 Å². The molecule has 0 radical (unpaired) electrons. The second-order valence-electron chi connectivity index (χ2n) is 9.09. The van der Waals surface area contributed by atoms with Crippen LogP contribution < -0.4 is 10.6 Å². The summed E-state index contributed by atoms with van der Waals surface area (Å²) >= 11 is 0. The first-order valence-electron chi connectivity index (χ1n) is 11.6. The Morgan fingerprint density at radius 2 is 1.68 bits per heavy atom. The minimum absolute atomic E-state index is 0.00333. The molecule has 4 rings (SSSR count). The van der Waals surface area contributed by atoms with Crippen LogP contribution in [0.2, 0.25) is 0 Å². The Labute approximate surface area is 198 Å². The zero-order valence-corrected chi connectivity index (χ0v) is 19.3. The van der Waals surface area contributed by atoms with Gasteiger partial charge in [0.1, 0.15) is 6.61 Å². The average molecular weight is 467 g/mol. The second kappa shape index (κ2) is 10.3. The predicted octanol–water partition coefficient (Wildman–Crippen LogP) is 3.16. The summed E-state index contributed by atoms with van der Waals surface area (Å²) in [4.78, 5) is 36.6. The Morgan fingerprint density at radius 1 is 1.06 bits per heavy atom. The summed E-state index contributed by atoms with van der Waals surface area (Å²) in [6.07, 6.45) is -1.03. The Hall–Kier alpha value is -3.39. The molecule has 0 aromatic heterocycles. The maximum absolute atomic E-state index is 12.6. The molecule has 2 aromatic rings. The van der Waals surface area contributed by atoms with E-state index in [4.69, 9.17) is 9.47 Å². The lowest BCUT2D eigenvalue weighted by atomic mass is 9.96. The van der Waals surface area contributed by atoms with Crippen molar-refractivity contribution in [1.82, 2.24) is 10.6 Å². The molecule has 2 aromatic carbocycles. The van der Waals surface area contributed by atoms with E-state index in [2.05, 4.69) is 22.8 Å². The van der Waals surface area contributed by atoms with Crippen molar-refractivity contribution in [2.45, 2.75) is 38.3 Å². The molecule has 0 saturated carbocycles. The van der Waals surface area contributed by atoms with Crippen molar-refractivity contribution in [3.05, 3.63) is 59.7 Å². The third kappa shape index (κ3) is 4.92. The highest BCUT2D eigenvalue weighted by Crippen LogP contribution is 2.44. The number of rotatable bonds is 8. The maximum atomic E-state index is 12.6. The first-order valence-corrected chi connectivity index (χ1v) is 11.6. The van der Waals surface area contributed by atoms with E-state index in [1.165, 1.54) is 0 Å². The monoisotopic (exact) mass is 466 g/mol. The van der Waals surface area contributed by atoms with Gasteiger partial charge in [-0.2, -0.15) is 0 Å². The number of alkyl carbamates (subject to hydrolysis) is 1. The quantitative estimate of drug-likeness (QED) is 0.551. The van der Waals surface area contributed by atoms with Gasteiger partial charge in [-0.15, -0.1) is 0 Å². The molecule has 1 heterocycles. The van der Waals surface area contributed by atoms with Crippen molar-refractivity contribution in [3.8, 4) is 11.1 Å². The smallest absolute Gasteiger partial charge is 0.407 e. The fraction of sp³-hybridized carbons (Fsp3) is 0.423. The molecule has 1 aliphatic heterocycles. The molecular formula is C26H30N2O6. The number of fused-ring (bicyclic) bond motifs is 3. The maximum Gasteiger partial charge on any atom is 0.407 e. The first kappa shape index (κ1) is 23.8. The minimum atomic E-state index is -0.962. The predicted molar refractivity (Wildman–Crippen MR) is 125 cm³/mol. The summed E-state index contributed by atoms with van der Waals surface area (Å²) < 4.78 is 11.1. The number of benzene rings is 2. The molecular weight excluding hydrogens is 436 g/mol. The Balaban J connectivity index is 1.33. The largest absolute Gasteiger partial charge is 0.481 e. The highest BCUT2D eigenvalue weighted by molar-refractivity contribution is 5.83. The first-order chi connectivity index (χ1) is 16.4. The summed E-state index contributed by atoms with van der Waals surface area (Å²) in [6.45, 7) is 4.08. The van der Waals surface area contributed by atoms with E-state index in [-0.39, 0.29) is 25.0 Å². The molecule has 3 atom stereocenters. The van der Waals surface area contributed by atoms with Crippen molar-refractivity contribution >= 4 is 18.0 Å². The molecule has 8 heteroatoms. The van der Waals surface area contributed by atoms with E-state index in [1.54, 1.807) is 13.8 Å². The lowest BCUT2D eigenvalue weighted by Gasteiger charge is -2.22. The van der Waals surface area contributed by atoms with E-state index in [0.29, 0.717) is 13.0 Å². The van der Waals surface area contributed by atoms with Gasteiger partial charge in [-0.25, -0.2) is 4.79 Å². The van der Waals surface area contributed by atoms with Gasteiger partial charge in [0.05, 0.1) is 12.0 Å². The topological polar surface area (TPSA) is 114 Å². The van der Waals surface area contributed by atoms with Gasteiger partial charge in [-0.3, -0.25) is 9.59 Å². The Morgan fingerprint density at radius 3 is 2.26 bits per heavy atom. The van der Waals surface area contributed by atoms with Crippen molar-refractivity contribution < 1.29 is 29.0 Å². The molecule has 1 saturated heterocycles. The van der Waals surface area contributed by atoms with Crippen molar-refractivity contribution in [2.75, 3.05) is 19.8 Å². The molecule has 8 nitrogen and oxygen atoms in total. The summed E-state index contributed by atoms with van der Waals surface area (Å²) in [6, 6.07) is 15.6. The van der Waals surface area contributed by atoms with Gasteiger partial charge < -0.3 is 25.2 Å². The number of carboxylic acids is 1. The van der Waals surface area contributed by atoms with Crippen LogP contribution in [-0.2, 0) is 19.1 Å². The minimum Gasteiger partial charge on any atom is -0.481 e. The number of carbonyl (C=O) groups excluding carboxylic acids is 2. The zero-order chi connectivity index (χ0) is 24.2. The summed E-state index contributed by atoms with van der Waals surface area (Å²) in [5.74, 6) is -2.28. The van der Waals surface area contributed by atoms with Crippen LogP contribution in [0.3, 0.4) is 0 Å². The number of carboxylic acid groups (broad SMARTS) is 1. The zero-order valence-electron chi connectivity index (χ0n) is 19.3. The SMILES string of the molecule is CC(C)C(CNC(=O)[C@H]1OCC[C@H]1NC(=O)OCC1c2ccccc2-c2ccccc21)C(=O)O. The van der Waals surface area contributed by atoms with Gasteiger partial charge in [-0.1, -0.05) is 62.4 Å². The fourth-order valence-corrected chi connectivity index (χ4v) is 4.71. The third-order valence-electron chi connectivity index (χ3n) is 6.62. The van der Waals surface area contributed by atoms with Crippen molar-refractivity contribution in [1.29, 1.82) is 0 Å². The molecule has 3 N–H and O–H groups in total. The molecule has 1 unspecified atom stereocenters. The summed E-state index contributed by atoms with van der Waals surface area (Å²) in [5.41, 5.74) is 4.54. The molecule has 1 aliphatic carbocycles. The van der Waals surface area contributed by atoms with E-state index >= 15 is 0 Å². The van der Waals surface area contributed by atoms with Crippen LogP contribution in [0, 0.1) is 11.8 Å². The number of nitrogens with one attached hydrogen (secondary N) is 2. The normalized spacial score (nSPS) is 19.9. The van der Waals surface area contributed by atoms with Crippen LogP contribution in [0.1, 0.15) is 37.3 Å². The van der Waals surface area contributed by atoms with Gasteiger partial charge in [-0.05, 0) is 34.6 Å². The van der Waals surface area contributed by atoms with Gasteiger partial charge in [0.25, 0.3) is 5.91 Å². The summed E-state index contributed by atoms with van der Waals surface area (Å²) in [7, 11) is 0. The molecule has 1 fully saturated rings. The molecule has 2 amide bonds. The fourth-order valence-electron chi connectivity index (χ4n) is 4.71. The highest BCUT2D eigenvalue weighted by atomic mass is 16.6. The van der Waals surface area contributed by atoms with Gasteiger partial charge in [0, 0.05) is 19.1 Å². The molecule has 0 bridgehead atoms. The second-order valence-corrected chi connectivity index (χ2v) is 9.09. The lowest BCUT2D eigenvalue weighted by Crippen LogP contribution is -2.49. The van der Waals surface area contributed by atoms with E-state index in [0.717, 1.165) is 22.3 Å². The van der Waals surface area contributed by atoms with E-state index < -0.39 is 36.0 Å². The molecule has 0 spiro atoms. The molecule has 180 valence electrons. The van der Waals surface area contributed by atoms with Gasteiger partial charge in [0.2, 0.25) is 0 Å². The van der Waals surface area contributed by atoms with Crippen LogP contribution in [0.25, 0.3) is 11.1 Å². The number of ether oxygens (including phenoxy) is 2. The van der Waals surface area contributed by atoms with Crippen LogP contribution in [0.15, 0.2) is 48.5 Å². The van der Waals surface area contributed by atoms with Crippen LogP contribution in [-0.4, -0.2) is 55.0 Å². The van der Waals surface area contributed by atoms with Crippen LogP contribution in [0.4, 0.5) is 4.79 Å². The van der Waals surface area contributed by atoms with Crippen molar-refractivity contribution in [2.24, 2.45) is 11.8 Å². The van der Waals surface area contributed by atoms with Gasteiger partial charge in [0.15, 0.2) is 6.10 Å². The van der Waals surface area contributed by atoms with Crippen LogP contribution in [0.5, 0.6) is 0 Å². The number of hydrogen-bond donors (Lipinski definition) is 3. The van der Waals surface area contributed by atoms with E-state index in [9.17, 15) is 19.5 Å². The summed E-state index contributed by atoms with van der Waals surface area (Å²) in [5, 5.41) is 14.7. The standard InChI is InChI=1S/C26H30N2O6/c1-15(2)20(25(30)31)13-27-24(29)23-22(11-12-33-23)28-26(32)34-14-21-18-9-5-3-7-16(18)17-8-4-6-10-19(17)21/h3-10,15,20-23H,11-14H2,1-2H3,(H,27,29)(H,28,32)(H,30,31)/t20?,22-,23+/m1/s1. The average Bonchev–Trinajstić information content (AvgIpc) is 3.40. The number of amides is 2. The molecule has 34 heavy (non-hydrogen) atoms. The van der Waals surface area contributed by atoms with Crippen molar-refractivity contribution in [3.63, 3.8) is 0 Å². The number of hydrogen-bond acceptors (Lipinski definition) is 5. The lowest BCUT2D eigenvalue weighted by molar-refractivity contribution is -0.143. The Kier molecular flexibility index (Phi) is 7.17. The Bertz CT molecular complexity index is 1020. The third-order valence-corrected chi connectivity index (χ3v) is 6.62. The van der Waals surface area contributed by atoms with E-state index in [1.807, 2.05) is 36.4 Å². The number of aliphatic carboxylic acids is 1. The van der Waals surface area contributed by atoms with Gasteiger partial charge >= 0.3 is 12.1 Å².